The van der Waals surface area contributed by atoms with Crippen molar-refractivity contribution >= 4 is 17.5 Å². The summed E-state index contributed by atoms with van der Waals surface area (Å²) in [5.74, 6) is 0.305. The van der Waals surface area contributed by atoms with Gasteiger partial charge in [0.05, 0.1) is 11.4 Å². The highest BCUT2D eigenvalue weighted by Crippen LogP contribution is 2.38. The van der Waals surface area contributed by atoms with Crippen LogP contribution in [0.3, 0.4) is 0 Å². The molecule has 5 rings (SSSR count). The standard InChI is InChI=1S/C24H22FN5OS/c1-15-12-19(16(2)29(15)18-9-10-18)22(31)14-32-24-28-27-23(17-6-5-11-26-13-17)30(24)21-8-4-3-7-20(21)25/h3-8,11-13,18H,9-10,14H2,1-2H3. The SMILES string of the molecule is Cc1cc(C(=O)CSc2nnc(-c3cccnc3)n2-c2ccccc2F)c(C)n1C1CC1. The van der Waals surface area contributed by atoms with Gasteiger partial charge < -0.3 is 4.57 Å². The van der Waals surface area contributed by atoms with Crippen LogP contribution in [0.15, 0.2) is 60.0 Å². The smallest absolute Gasteiger partial charge is 0.196 e. The van der Waals surface area contributed by atoms with Crippen molar-refractivity contribution in [3.63, 3.8) is 0 Å². The molecule has 6 nitrogen and oxygen atoms in total. The maximum atomic E-state index is 14.7. The molecule has 3 heterocycles. The van der Waals surface area contributed by atoms with Crippen LogP contribution >= 0.6 is 11.8 Å². The van der Waals surface area contributed by atoms with Gasteiger partial charge in [-0.3, -0.25) is 14.3 Å². The van der Waals surface area contributed by atoms with Gasteiger partial charge in [-0.05, 0) is 57.0 Å². The van der Waals surface area contributed by atoms with Gasteiger partial charge in [-0.2, -0.15) is 0 Å². The van der Waals surface area contributed by atoms with Gasteiger partial charge >= 0.3 is 0 Å². The number of carbonyl (C=O) groups is 1. The third kappa shape index (κ3) is 3.75. The van der Waals surface area contributed by atoms with Crippen molar-refractivity contribution in [2.24, 2.45) is 0 Å². The van der Waals surface area contributed by atoms with Gasteiger partial charge in [-0.1, -0.05) is 23.9 Å². The van der Waals surface area contributed by atoms with Crippen molar-refractivity contribution in [2.45, 2.75) is 37.9 Å². The number of ketones is 1. The lowest BCUT2D eigenvalue weighted by Gasteiger charge is -2.11. The lowest BCUT2D eigenvalue weighted by molar-refractivity contribution is 0.102. The lowest BCUT2D eigenvalue weighted by Crippen LogP contribution is -2.07. The largest absolute Gasteiger partial charge is 0.345 e. The molecule has 1 aliphatic rings. The number of hydrogen-bond acceptors (Lipinski definition) is 5. The van der Waals surface area contributed by atoms with Gasteiger partial charge in [-0.25, -0.2) is 4.39 Å². The first kappa shape index (κ1) is 20.6. The molecule has 1 aliphatic carbocycles. The Morgan fingerprint density at radius 3 is 2.69 bits per heavy atom. The number of Topliss-reactive ketones (excluding diaryl/α,β-unsaturated/α-hetero) is 1. The van der Waals surface area contributed by atoms with Gasteiger partial charge in [0.2, 0.25) is 0 Å². The molecule has 0 atom stereocenters. The normalized spacial score (nSPS) is 13.5. The predicted molar refractivity (Wildman–Crippen MR) is 122 cm³/mol. The van der Waals surface area contributed by atoms with E-state index in [0.717, 1.165) is 22.5 Å². The van der Waals surface area contributed by atoms with Crippen LogP contribution in [0, 0.1) is 19.7 Å². The minimum absolute atomic E-state index is 0.0287. The molecule has 0 saturated heterocycles. The van der Waals surface area contributed by atoms with E-state index in [9.17, 15) is 9.18 Å². The summed E-state index contributed by atoms with van der Waals surface area (Å²) in [4.78, 5) is 17.2. The second-order valence-corrected chi connectivity index (χ2v) is 8.88. The van der Waals surface area contributed by atoms with Gasteiger partial charge in [0.1, 0.15) is 5.82 Å². The Kier molecular flexibility index (Phi) is 5.38. The number of aryl methyl sites for hydroxylation is 1. The lowest BCUT2D eigenvalue weighted by atomic mass is 10.2. The average molecular weight is 448 g/mol. The molecule has 0 aliphatic heterocycles. The number of benzene rings is 1. The summed E-state index contributed by atoms with van der Waals surface area (Å²) in [5, 5.41) is 9.03. The first-order valence-electron chi connectivity index (χ1n) is 10.5. The second kappa shape index (κ2) is 8.35. The number of rotatable bonds is 7. The molecule has 0 bridgehead atoms. The van der Waals surface area contributed by atoms with Gasteiger partial charge in [-0.15, -0.1) is 10.2 Å². The van der Waals surface area contributed by atoms with Crippen LogP contribution < -0.4 is 0 Å². The third-order valence-corrected chi connectivity index (χ3v) is 6.60. The molecule has 32 heavy (non-hydrogen) atoms. The molecule has 162 valence electrons. The number of nitrogens with zero attached hydrogens (tertiary/aromatic N) is 5. The van der Waals surface area contributed by atoms with E-state index >= 15 is 0 Å². The molecule has 0 N–H and O–H groups in total. The summed E-state index contributed by atoms with van der Waals surface area (Å²) < 4.78 is 18.6. The Morgan fingerprint density at radius 1 is 1.16 bits per heavy atom. The molecule has 0 spiro atoms. The number of carbonyl (C=O) groups excluding carboxylic acids is 1. The number of thioether (sulfide) groups is 1. The quantitative estimate of drug-likeness (QED) is 0.288. The Hall–Kier alpha value is -3.26. The summed E-state index contributed by atoms with van der Waals surface area (Å²) in [5.41, 5.74) is 3.92. The van der Waals surface area contributed by atoms with E-state index in [1.807, 2.05) is 26.0 Å². The van der Waals surface area contributed by atoms with Crippen LogP contribution in [-0.2, 0) is 0 Å². The second-order valence-electron chi connectivity index (χ2n) is 7.93. The van der Waals surface area contributed by atoms with E-state index in [1.54, 1.807) is 41.2 Å². The highest BCUT2D eigenvalue weighted by atomic mass is 32.2. The van der Waals surface area contributed by atoms with Crippen molar-refractivity contribution in [3.8, 4) is 17.1 Å². The summed E-state index contributed by atoms with van der Waals surface area (Å²) in [6.07, 6.45) is 5.66. The Morgan fingerprint density at radius 2 is 1.97 bits per heavy atom. The summed E-state index contributed by atoms with van der Waals surface area (Å²) in [7, 11) is 0. The highest BCUT2D eigenvalue weighted by molar-refractivity contribution is 7.99. The number of aromatic nitrogens is 5. The van der Waals surface area contributed by atoms with Crippen molar-refractivity contribution in [2.75, 3.05) is 5.75 Å². The highest BCUT2D eigenvalue weighted by Gasteiger charge is 2.28. The van der Waals surface area contributed by atoms with Crippen molar-refractivity contribution in [3.05, 3.63) is 77.6 Å². The van der Waals surface area contributed by atoms with E-state index in [1.165, 1.54) is 30.7 Å². The van der Waals surface area contributed by atoms with Crippen LogP contribution in [0.25, 0.3) is 17.1 Å². The monoisotopic (exact) mass is 447 g/mol. The van der Waals surface area contributed by atoms with Crippen molar-refractivity contribution in [1.29, 1.82) is 0 Å². The van der Waals surface area contributed by atoms with Gasteiger partial charge in [0.15, 0.2) is 16.8 Å². The third-order valence-electron chi connectivity index (χ3n) is 5.68. The van der Waals surface area contributed by atoms with Gasteiger partial charge in [0.25, 0.3) is 0 Å². The van der Waals surface area contributed by atoms with Crippen LogP contribution in [0.1, 0.15) is 40.6 Å². The van der Waals surface area contributed by atoms with Crippen molar-refractivity contribution < 1.29 is 9.18 Å². The molecule has 0 amide bonds. The van der Waals surface area contributed by atoms with E-state index in [-0.39, 0.29) is 11.5 Å². The Bertz CT molecular complexity index is 1290. The summed E-state index contributed by atoms with van der Waals surface area (Å²) in [6, 6.07) is 12.6. The number of pyridine rings is 1. The van der Waals surface area contributed by atoms with E-state index in [4.69, 9.17) is 0 Å². The average Bonchev–Trinajstić information content (AvgIpc) is 3.47. The first-order chi connectivity index (χ1) is 15.5. The number of hydrogen-bond donors (Lipinski definition) is 0. The molecule has 1 aromatic carbocycles. The molecule has 3 aromatic heterocycles. The Labute approximate surface area is 189 Å². The molecular formula is C24H22FN5OS. The fourth-order valence-electron chi connectivity index (χ4n) is 4.06. The topological polar surface area (TPSA) is 65.6 Å². The summed E-state index contributed by atoms with van der Waals surface area (Å²) in [6.45, 7) is 4.05. The molecule has 0 radical (unpaired) electrons. The fourth-order valence-corrected chi connectivity index (χ4v) is 4.89. The zero-order chi connectivity index (χ0) is 22.2. The predicted octanol–water partition coefficient (Wildman–Crippen LogP) is 5.20. The van der Waals surface area contributed by atoms with Crippen LogP contribution in [0.2, 0.25) is 0 Å². The van der Waals surface area contributed by atoms with E-state index in [0.29, 0.717) is 22.7 Å². The van der Waals surface area contributed by atoms with Crippen LogP contribution in [-0.4, -0.2) is 35.9 Å². The number of halogens is 1. The van der Waals surface area contributed by atoms with Crippen LogP contribution in [0.5, 0.6) is 0 Å². The molecule has 1 saturated carbocycles. The van der Waals surface area contributed by atoms with E-state index < -0.39 is 5.82 Å². The van der Waals surface area contributed by atoms with Crippen molar-refractivity contribution in [1.82, 2.24) is 24.3 Å². The minimum Gasteiger partial charge on any atom is -0.345 e. The fraction of sp³-hybridized carbons (Fsp3) is 0.250. The maximum Gasteiger partial charge on any atom is 0.196 e. The molecule has 1 fully saturated rings. The molecule has 4 aromatic rings. The first-order valence-corrected chi connectivity index (χ1v) is 11.5. The zero-order valence-electron chi connectivity index (χ0n) is 17.8. The summed E-state index contributed by atoms with van der Waals surface area (Å²) >= 11 is 1.26. The Balaban J connectivity index is 1.47. The molecular weight excluding hydrogens is 425 g/mol. The minimum atomic E-state index is -0.390. The van der Waals surface area contributed by atoms with Gasteiger partial charge in [0, 0.05) is 41.0 Å². The van der Waals surface area contributed by atoms with E-state index in [2.05, 4.69) is 19.7 Å². The maximum absolute atomic E-state index is 14.7. The number of para-hydroxylation sites is 1. The zero-order valence-corrected chi connectivity index (χ0v) is 18.6. The molecule has 0 unspecified atom stereocenters. The van der Waals surface area contributed by atoms with Crippen LogP contribution in [0.4, 0.5) is 4.39 Å². The molecule has 8 heteroatoms.